The second kappa shape index (κ2) is 7.42. The number of fused-ring (bicyclic) bond motifs is 1. The fraction of sp³-hybridized carbons (Fsp3) is 0.450. The first-order chi connectivity index (χ1) is 14.1. The number of rotatable bonds is 2. The van der Waals surface area contributed by atoms with Gasteiger partial charge in [-0.1, -0.05) is 0 Å². The molecule has 0 spiro atoms. The van der Waals surface area contributed by atoms with Crippen LogP contribution >= 0.6 is 0 Å². The van der Waals surface area contributed by atoms with Crippen molar-refractivity contribution in [1.82, 2.24) is 15.1 Å². The van der Waals surface area contributed by atoms with Crippen molar-refractivity contribution in [2.24, 2.45) is 0 Å². The lowest BCUT2D eigenvalue weighted by Gasteiger charge is -2.37. The van der Waals surface area contributed by atoms with Crippen LogP contribution in [0.3, 0.4) is 0 Å². The summed E-state index contributed by atoms with van der Waals surface area (Å²) in [6.45, 7) is 5.15. The second-order valence-electron chi connectivity index (χ2n) is 7.56. The highest BCUT2D eigenvalue weighted by Gasteiger charge is 2.41. The fourth-order valence-corrected chi connectivity index (χ4v) is 4.11. The van der Waals surface area contributed by atoms with Crippen LogP contribution in [0.15, 0.2) is 24.3 Å². The minimum absolute atomic E-state index is 0.0114. The lowest BCUT2D eigenvalue weighted by atomic mass is 10.0. The van der Waals surface area contributed by atoms with Gasteiger partial charge in [-0.2, -0.15) is 13.2 Å². The Kier molecular flexibility index (Phi) is 5.05. The molecular weight excluding hydrogens is 401 g/mol. The molecule has 0 aliphatic carbocycles. The minimum Gasteiger partial charge on any atom is -0.507 e. The van der Waals surface area contributed by atoms with E-state index in [1.165, 1.54) is 13.8 Å². The molecule has 1 N–H and O–H groups in total. The van der Waals surface area contributed by atoms with Crippen LogP contribution in [0.1, 0.15) is 18.1 Å². The summed E-state index contributed by atoms with van der Waals surface area (Å²) >= 11 is 0. The van der Waals surface area contributed by atoms with E-state index in [1.807, 2.05) is 4.90 Å². The number of nitrogens with zero attached hydrogens (tertiary/aromatic N) is 4. The molecule has 7 nitrogen and oxygen atoms in total. The number of aromatic nitrogens is 2. The number of hydrogen-bond donors (Lipinski definition) is 1. The maximum absolute atomic E-state index is 12.9. The van der Waals surface area contributed by atoms with Crippen LogP contribution in [0.2, 0.25) is 0 Å². The molecule has 2 fully saturated rings. The Hall–Kier alpha value is -2.88. The highest BCUT2D eigenvalue weighted by atomic mass is 19.4. The van der Waals surface area contributed by atoms with Gasteiger partial charge in [-0.15, -0.1) is 10.2 Å². The van der Waals surface area contributed by atoms with E-state index < -0.39 is 17.5 Å². The zero-order chi connectivity index (χ0) is 21.6. The third-order valence-corrected chi connectivity index (χ3v) is 5.59. The van der Waals surface area contributed by atoms with E-state index in [0.29, 0.717) is 38.1 Å². The quantitative estimate of drug-likeness (QED) is 0.802. The van der Waals surface area contributed by atoms with Crippen molar-refractivity contribution >= 4 is 11.7 Å². The summed E-state index contributed by atoms with van der Waals surface area (Å²) in [6, 6.07) is 4.98. The SMILES string of the molecule is CC(=O)N1CC2OCCN(c3ccc(-c4c(C)cc(C(F)(F)F)cc4O)nn3)C2C1. The number of ether oxygens (including phenoxy) is 1. The number of phenolic OH excluding ortho intramolecular Hbond substituents is 1. The van der Waals surface area contributed by atoms with Crippen molar-refractivity contribution in [2.75, 3.05) is 31.1 Å². The van der Waals surface area contributed by atoms with Gasteiger partial charge < -0.3 is 19.6 Å². The second-order valence-corrected chi connectivity index (χ2v) is 7.56. The Morgan fingerprint density at radius 2 is 2.00 bits per heavy atom. The van der Waals surface area contributed by atoms with Gasteiger partial charge >= 0.3 is 6.18 Å². The van der Waals surface area contributed by atoms with Gasteiger partial charge in [0.2, 0.25) is 5.91 Å². The number of halogens is 3. The van der Waals surface area contributed by atoms with Crippen LogP contribution in [0, 0.1) is 6.92 Å². The lowest BCUT2D eigenvalue weighted by molar-refractivity contribution is -0.137. The molecule has 0 bridgehead atoms. The van der Waals surface area contributed by atoms with E-state index in [4.69, 9.17) is 4.74 Å². The molecule has 1 aromatic carbocycles. The average molecular weight is 422 g/mol. The number of aryl methyl sites for hydroxylation is 1. The van der Waals surface area contributed by atoms with Gasteiger partial charge in [0.25, 0.3) is 0 Å². The number of likely N-dealkylation sites (tertiary alicyclic amines) is 1. The number of amides is 1. The molecule has 0 radical (unpaired) electrons. The first-order valence-electron chi connectivity index (χ1n) is 9.54. The Balaban J connectivity index is 1.60. The van der Waals surface area contributed by atoms with Crippen molar-refractivity contribution in [3.8, 4) is 17.0 Å². The van der Waals surface area contributed by atoms with E-state index in [-0.39, 0.29) is 34.9 Å². The van der Waals surface area contributed by atoms with Gasteiger partial charge in [-0.25, -0.2) is 0 Å². The van der Waals surface area contributed by atoms with Crippen LogP contribution in [0.4, 0.5) is 19.0 Å². The molecule has 1 aromatic heterocycles. The minimum atomic E-state index is -4.54. The number of benzene rings is 1. The highest BCUT2D eigenvalue weighted by molar-refractivity contribution is 5.74. The number of anilines is 1. The van der Waals surface area contributed by atoms with E-state index in [1.54, 1.807) is 17.0 Å². The molecule has 4 rings (SSSR count). The molecule has 30 heavy (non-hydrogen) atoms. The molecule has 10 heteroatoms. The topological polar surface area (TPSA) is 78.8 Å². The van der Waals surface area contributed by atoms with Crippen molar-refractivity contribution in [1.29, 1.82) is 0 Å². The van der Waals surface area contributed by atoms with Crippen molar-refractivity contribution in [2.45, 2.75) is 32.2 Å². The summed E-state index contributed by atoms with van der Waals surface area (Å²) < 4.78 is 44.6. The zero-order valence-electron chi connectivity index (χ0n) is 16.5. The molecule has 2 atom stereocenters. The normalized spacial score (nSPS) is 21.6. The largest absolute Gasteiger partial charge is 0.507 e. The highest BCUT2D eigenvalue weighted by Crippen LogP contribution is 2.38. The summed E-state index contributed by atoms with van der Waals surface area (Å²) in [6.07, 6.45) is -4.65. The number of phenols is 1. The monoisotopic (exact) mass is 422 g/mol. The zero-order valence-corrected chi connectivity index (χ0v) is 16.5. The van der Waals surface area contributed by atoms with Gasteiger partial charge in [-0.05, 0) is 36.8 Å². The Labute approximate surface area is 171 Å². The first kappa shape index (κ1) is 20.4. The van der Waals surface area contributed by atoms with E-state index in [9.17, 15) is 23.1 Å². The predicted molar refractivity (Wildman–Crippen MR) is 102 cm³/mol. The van der Waals surface area contributed by atoms with Gasteiger partial charge in [0.05, 0.1) is 30.0 Å². The van der Waals surface area contributed by atoms with Crippen LogP contribution in [0.5, 0.6) is 5.75 Å². The number of morpholine rings is 1. The van der Waals surface area contributed by atoms with Gasteiger partial charge in [-0.3, -0.25) is 4.79 Å². The number of aromatic hydroxyl groups is 1. The summed E-state index contributed by atoms with van der Waals surface area (Å²) in [7, 11) is 0. The number of alkyl halides is 3. The maximum Gasteiger partial charge on any atom is 0.416 e. The molecule has 160 valence electrons. The maximum atomic E-state index is 12.9. The van der Waals surface area contributed by atoms with E-state index >= 15 is 0 Å². The third kappa shape index (κ3) is 3.67. The molecule has 0 saturated carbocycles. The summed E-state index contributed by atoms with van der Waals surface area (Å²) in [4.78, 5) is 15.5. The van der Waals surface area contributed by atoms with Gasteiger partial charge in [0.1, 0.15) is 5.75 Å². The first-order valence-corrected chi connectivity index (χ1v) is 9.54. The van der Waals surface area contributed by atoms with Crippen LogP contribution in [-0.2, 0) is 15.7 Å². The lowest BCUT2D eigenvalue weighted by Crippen LogP contribution is -2.51. The van der Waals surface area contributed by atoms with Gasteiger partial charge in [0.15, 0.2) is 5.82 Å². The molecule has 3 heterocycles. The molecule has 2 unspecified atom stereocenters. The third-order valence-electron chi connectivity index (χ3n) is 5.59. The average Bonchev–Trinajstić information content (AvgIpc) is 3.12. The Bertz CT molecular complexity index is 942. The predicted octanol–water partition coefficient (Wildman–Crippen LogP) is 2.61. The Morgan fingerprint density at radius 1 is 1.23 bits per heavy atom. The Morgan fingerprint density at radius 3 is 2.60 bits per heavy atom. The van der Waals surface area contributed by atoms with Gasteiger partial charge in [0, 0.05) is 32.1 Å². The number of carbonyl (C=O) groups is 1. The molecule has 2 saturated heterocycles. The van der Waals surface area contributed by atoms with Crippen molar-refractivity contribution < 1.29 is 27.8 Å². The molecule has 1 amide bonds. The van der Waals surface area contributed by atoms with Crippen molar-refractivity contribution in [3.05, 3.63) is 35.4 Å². The van der Waals surface area contributed by atoms with E-state index in [2.05, 4.69) is 10.2 Å². The van der Waals surface area contributed by atoms with Crippen molar-refractivity contribution in [3.63, 3.8) is 0 Å². The van der Waals surface area contributed by atoms with Crippen LogP contribution in [-0.4, -0.2) is 64.5 Å². The van der Waals surface area contributed by atoms with Crippen LogP contribution in [0.25, 0.3) is 11.3 Å². The smallest absolute Gasteiger partial charge is 0.416 e. The summed E-state index contributed by atoms with van der Waals surface area (Å²) in [5, 5.41) is 18.6. The number of hydrogen-bond acceptors (Lipinski definition) is 6. The van der Waals surface area contributed by atoms with E-state index in [0.717, 1.165) is 6.07 Å². The number of carbonyl (C=O) groups excluding carboxylic acids is 1. The molecule has 2 aromatic rings. The molecule has 2 aliphatic rings. The summed E-state index contributed by atoms with van der Waals surface area (Å²) in [5.74, 6) is 0.0813. The standard InChI is InChI=1S/C20H21F3N4O3/c1-11-7-13(20(21,22)23)8-16(29)19(11)14-3-4-18(25-24-14)27-5-6-30-17-10-26(12(2)28)9-15(17)27/h3-4,7-8,15,17,29H,5-6,9-10H2,1-2H3. The summed E-state index contributed by atoms with van der Waals surface area (Å²) in [5.41, 5.74) is -0.167. The molecule has 2 aliphatic heterocycles. The molecular formula is C20H21F3N4O3. The van der Waals surface area contributed by atoms with Crippen LogP contribution < -0.4 is 4.90 Å². The fourth-order valence-electron chi connectivity index (χ4n) is 4.11.